The number of hydrogen-bond acceptors (Lipinski definition) is 4. The van der Waals surface area contributed by atoms with Crippen LogP contribution in [0, 0.1) is 0 Å². The summed E-state index contributed by atoms with van der Waals surface area (Å²) in [6.45, 7) is 1.34. The van der Waals surface area contributed by atoms with Crippen molar-refractivity contribution in [1.82, 2.24) is 4.72 Å². The van der Waals surface area contributed by atoms with Crippen LogP contribution in [0.3, 0.4) is 0 Å². The number of nitrogens with two attached hydrogens (primary N) is 1. The molecule has 7 nitrogen and oxygen atoms in total. The fraction of sp³-hybridized carbons (Fsp3) is 0.167. The van der Waals surface area contributed by atoms with E-state index >= 15 is 0 Å². The van der Waals surface area contributed by atoms with E-state index in [4.69, 9.17) is 10.8 Å². The Hall–Kier alpha value is -2.19. The highest BCUT2D eigenvalue weighted by molar-refractivity contribution is 7.89. The molecule has 20 heavy (non-hydrogen) atoms. The summed E-state index contributed by atoms with van der Waals surface area (Å²) in [5.41, 5.74) is 5.52. The molecule has 0 heterocycles. The van der Waals surface area contributed by atoms with E-state index < -0.39 is 27.9 Å². The Kier molecular flexibility index (Phi) is 5.00. The zero-order chi connectivity index (χ0) is 15.3. The minimum Gasteiger partial charge on any atom is -0.478 e. The molecule has 0 fully saturated rings. The first kappa shape index (κ1) is 15.9. The molecule has 4 N–H and O–H groups in total. The Labute approximate surface area is 116 Å². The smallest absolute Gasteiger partial charge is 0.328 e. The standard InChI is InChI=1S/C12H14N2O5S/c1-8(12(13)17)14-20(18,19)10-5-2-9(3-6-10)4-7-11(15)16/h2-8,14H,1H3,(H2,13,17)(H,15,16)/b7-4+. The van der Waals surface area contributed by atoms with E-state index in [1.54, 1.807) is 0 Å². The molecule has 1 rings (SSSR count). The quantitative estimate of drug-likeness (QED) is 0.634. The Balaban J connectivity index is 2.92. The van der Waals surface area contributed by atoms with Crippen LogP contribution in [0.15, 0.2) is 35.2 Å². The number of benzene rings is 1. The molecule has 0 radical (unpaired) electrons. The van der Waals surface area contributed by atoms with Crippen LogP contribution >= 0.6 is 0 Å². The minimum absolute atomic E-state index is 0.0434. The van der Waals surface area contributed by atoms with Gasteiger partial charge < -0.3 is 10.8 Å². The maximum absolute atomic E-state index is 11.9. The van der Waals surface area contributed by atoms with Crippen molar-refractivity contribution in [2.24, 2.45) is 5.73 Å². The lowest BCUT2D eigenvalue weighted by molar-refractivity contribution is -0.131. The monoisotopic (exact) mass is 298 g/mol. The van der Waals surface area contributed by atoms with E-state index in [1.807, 2.05) is 0 Å². The van der Waals surface area contributed by atoms with Crippen LogP contribution in [0.5, 0.6) is 0 Å². The Morgan fingerprint density at radius 3 is 2.30 bits per heavy atom. The van der Waals surface area contributed by atoms with Crippen LogP contribution < -0.4 is 10.5 Å². The average Bonchev–Trinajstić information content (AvgIpc) is 2.36. The number of carbonyl (C=O) groups is 2. The second kappa shape index (κ2) is 6.31. The molecule has 0 bridgehead atoms. The third-order valence-corrected chi connectivity index (χ3v) is 3.92. The van der Waals surface area contributed by atoms with Crippen LogP contribution in [0.25, 0.3) is 6.08 Å². The molecule has 108 valence electrons. The number of primary amides is 1. The summed E-state index contributed by atoms with van der Waals surface area (Å²) in [6.07, 6.45) is 2.27. The van der Waals surface area contributed by atoms with Crippen molar-refractivity contribution in [2.45, 2.75) is 17.9 Å². The molecule has 8 heteroatoms. The van der Waals surface area contributed by atoms with Gasteiger partial charge in [-0.25, -0.2) is 13.2 Å². The van der Waals surface area contributed by atoms with E-state index in [0.717, 1.165) is 6.08 Å². The van der Waals surface area contributed by atoms with E-state index in [9.17, 15) is 18.0 Å². The van der Waals surface area contributed by atoms with E-state index in [0.29, 0.717) is 5.56 Å². The maximum Gasteiger partial charge on any atom is 0.328 e. The molecule has 0 aliphatic carbocycles. The van der Waals surface area contributed by atoms with Gasteiger partial charge in [0.05, 0.1) is 10.9 Å². The molecule has 1 amide bonds. The molecule has 0 spiro atoms. The van der Waals surface area contributed by atoms with Crippen LogP contribution in [0.1, 0.15) is 12.5 Å². The normalized spacial score (nSPS) is 13.2. The Morgan fingerprint density at radius 2 is 1.85 bits per heavy atom. The molecule has 0 saturated carbocycles. The SMILES string of the molecule is CC(NS(=O)(=O)c1ccc(/C=C/C(=O)O)cc1)C(N)=O. The lowest BCUT2D eigenvalue weighted by Crippen LogP contribution is -2.42. The van der Waals surface area contributed by atoms with Gasteiger partial charge in [0, 0.05) is 6.08 Å². The lowest BCUT2D eigenvalue weighted by atomic mass is 10.2. The average molecular weight is 298 g/mol. The zero-order valence-corrected chi connectivity index (χ0v) is 11.4. The third kappa shape index (κ3) is 4.48. The van der Waals surface area contributed by atoms with Crippen molar-refractivity contribution in [1.29, 1.82) is 0 Å². The number of rotatable bonds is 6. The second-order valence-corrected chi connectivity index (χ2v) is 5.70. The maximum atomic E-state index is 11.9. The van der Waals surface area contributed by atoms with Gasteiger partial charge in [-0.1, -0.05) is 12.1 Å². The molecule has 0 aliphatic heterocycles. The highest BCUT2D eigenvalue weighted by Gasteiger charge is 2.19. The number of carbonyl (C=O) groups excluding carboxylic acids is 1. The lowest BCUT2D eigenvalue weighted by Gasteiger charge is -2.10. The topological polar surface area (TPSA) is 127 Å². The summed E-state index contributed by atoms with van der Waals surface area (Å²) in [4.78, 5) is 21.1. The van der Waals surface area contributed by atoms with Crippen molar-refractivity contribution >= 4 is 28.0 Å². The van der Waals surface area contributed by atoms with Crippen molar-refractivity contribution in [3.05, 3.63) is 35.9 Å². The molecule has 1 atom stereocenters. The molecular weight excluding hydrogens is 284 g/mol. The summed E-state index contributed by atoms with van der Waals surface area (Å²) in [7, 11) is -3.84. The number of sulfonamides is 1. The first-order valence-electron chi connectivity index (χ1n) is 5.55. The second-order valence-electron chi connectivity index (χ2n) is 3.99. The van der Waals surface area contributed by atoms with Crippen LogP contribution in [-0.2, 0) is 19.6 Å². The zero-order valence-electron chi connectivity index (χ0n) is 10.6. The van der Waals surface area contributed by atoms with E-state index in [-0.39, 0.29) is 4.90 Å². The summed E-state index contributed by atoms with van der Waals surface area (Å²) < 4.78 is 25.9. The third-order valence-electron chi connectivity index (χ3n) is 2.37. The Bertz CT molecular complexity index is 634. The fourth-order valence-corrected chi connectivity index (χ4v) is 2.50. The van der Waals surface area contributed by atoms with E-state index in [1.165, 1.54) is 37.3 Å². The number of amides is 1. The van der Waals surface area contributed by atoms with E-state index in [2.05, 4.69) is 4.72 Å². The first-order valence-corrected chi connectivity index (χ1v) is 7.03. The number of nitrogens with one attached hydrogen (secondary N) is 1. The largest absolute Gasteiger partial charge is 0.478 e. The Morgan fingerprint density at radius 1 is 1.30 bits per heavy atom. The summed E-state index contributed by atoms with van der Waals surface area (Å²) >= 11 is 0. The predicted molar refractivity (Wildman–Crippen MR) is 72.1 cm³/mol. The number of carboxylic acids is 1. The predicted octanol–water partition coefficient (Wildman–Crippen LogP) is -0.0635. The van der Waals surface area contributed by atoms with Crippen LogP contribution in [-0.4, -0.2) is 31.4 Å². The van der Waals surface area contributed by atoms with Crippen LogP contribution in [0.4, 0.5) is 0 Å². The fourth-order valence-electron chi connectivity index (χ4n) is 1.28. The molecular formula is C12H14N2O5S. The molecule has 1 unspecified atom stereocenters. The van der Waals surface area contributed by atoms with Gasteiger partial charge in [-0.2, -0.15) is 4.72 Å². The number of aliphatic carboxylic acids is 1. The van der Waals surface area contributed by atoms with Gasteiger partial charge in [-0.05, 0) is 30.7 Å². The highest BCUT2D eigenvalue weighted by atomic mass is 32.2. The van der Waals surface area contributed by atoms with Gasteiger partial charge in [0.1, 0.15) is 0 Å². The summed E-state index contributed by atoms with van der Waals surface area (Å²) in [5.74, 6) is -1.88. The van der Waals surface area contributed by atoms with Gasteiger partial charge in [0.2, 0.25) is 15.9 Å². The van der Waals surface area contributed by atoms with Crippen molar-refractivity contribution < 1.29 is 23.1 Å². The summed E-state index contributed by atoms with van der Waals surface area (Å²) in [6, 6.07) is 4.48. The van der Waals surface area contributed by atoms with Gasteiger partial charge in [0.25, 0.3) is 0 Å². The molecule has 0 saturated heterocycles. The molecule has 1 aromatic rings. The van der Waals surface area contributed by atoms with Crippen LogP contribution in [0.2, 0.25) is 0 Å². The number of carboxylic acid groups (broad SMARTS) is 1. The van der Waals surface area contributed by atoms with Gasteiger partial charge >= 0.3 is 5.97 Å². The first-order chi connectivity index (χ1) is 9.22. The highest BCUT2D eigenvalue weighted by Crippen LogP contribution is 2.12. The van der Waals surface area contributed by atoms with Gasteiger partial charge in [-0.3, -0.25) is 4.79 Å². The van der Waals surface area contributed by atoms with Gasteiger partial charge in [0.15, 0.2) is 0 Å². The van der Waals surface area contributed by atoms with Gasteiger partial charge in [-0.15, -0.1) is 0 Å². The number of hydrogen-bond donors (Lipinski definition) is 3. The molecule has 0 aromatic heterocycles. The van der Waals surface area contributed by atoms with Crippen molar-refractivity contribution in [3.63, 3.8) is 0 Å². The van der Waals surface area contributed by atoms with Crippen molar-refractivity contribution in [3.8, 4) is 0 Å². The molecule has 0 aliphatic rings. The van der Waals surface area contributed by atoms with Crippen molar-refractivity contribution in [2.75, 3.05) is 0 Å². The molecule has 1 aromatic carbocycles. The minimum atomic E-state index is -3.84. The summed E-state index contributed by atoms with van der Waals surface area (Å²) in [5, 5.41) is 8.47.